The van der Waals surface area contributed by atoms with Crippen molar-refractivity contribution in [3.05, 3.63) is 30.3 Å². The van der Waals surface area contributed by atoms with E-state index in [9.17, 15) is 0 Å². The third kappa shape index (κ3) is 5.08. The molecule has 2 rings (SSSR count). The van der Waals surface area contributed by atoms with E-state index >= 15 is 0 Å². The molecule has 0 unspecified atom stereocenters. The Bertz CT molecular complexity index is 476. The SMILES string of the molecule is CCNc1nnc(SCCCOc2ccccc2)s1. The highest BCUT2D eigenvalue weighted by molar-refractivity contribution is 8.01. The second-order valence-corrected chi connectivity index (χ2v) is 6.09. The molecule has 1 heterocycles. The van der Waals surface area contributed by atoms with Gasteiger partial charge in [0, 0.05) is 12.3 Å². The second kappa shape index (κ2) is 8.01. The number of ether oxygens (including phenoxy) is 1. The molecule has 102 valence electrons. The van der Waals surface area contributed by atoms with Gasteiger partial charge in [0.1, 0.15) is 5.75 Å². The molecule has 1 aromatic carbocycles. The molecule has 0 saturated heterocycles. The summed E-state index contributed by atoms with van der Waals surface area (Å²) in [7, 11) is 0. The van der Waals surface area contributed by atoms with Crippen molar-refractivity contribution in [2.75, 3.05) is 24.2 Å². The Balaban J connectivity index is 1.61. The van der Waals surface area contributed by atoms with Crippen LogP contribution in [0.2, 0.25) is 0 Å². The van der Waals surface area contributed by atoms with Gasteiger partial charge in [-0.1, -0.05) is 41.3 Å². The van der Waals surface area contributed by atoms with Gasteiger partial charge in [-0.2, -0.15) is 0 Å². The maximum absolute atomic E-state index is 5.63. The lowest BCUT2D eigenvalue weighted by molar-refractivity contribution is 0.318. The minimum atomic E-state index is 0.732. The van der Waals surface area contributed by atoms with E-state index in [1.165, 1.54) is 0 Å². The summed E-state index contributed by atoms with van der Waals surface area (Å²) in [6.45, 7) is 3.66. The lowest BCUT2D eigenvalue weighted by atomic mass is 10.3. The fourth-order valence-electron chi connectivity index (χ4n) is 1.42. The van der Waals surface area contributed by atoms with Crippen molar-refractivity contribution in [3.63, 3.8) is 0 Å². The van der Waals surface area contributed by atoms with Crippen LogP contribution >= 0.6 is 23.1 Å². The van der Waals surface area contributed by atoms with Crippen molar-refractivity contribution >= 4 is 28.2 Å². The topological polar surface area (TPSA) is 47.0 Å². The molecule has 0 saturated carbocycles. The van der Waals surface area contributed by atoms with Crippen LogP contribution in [0.3, 0.4) is 0 Å². The molecule has 0 aliphatic heterocycles. The van der Waals surface area contributed by atoms with Gasteiger partial charge >= 0.3 is 0 Å². The largest absolute Gasteiger partial charge is 0.494 e. The van der Waals surface area contributed by atoms with Crippen LogP contribution in [0.1, 0.15) is 13.3 Å². The fraction of sp³-hybridized carbons (Fsp3) is 0.385. The smallest absolute Gasteiger partial charge is 0.206 e. The van der Waals surface area contributed by atoms with Gasteiger partial charge in [0.15, 0.2) is 4.34 Å². The molecule has 0 amide bonds. The van der Waals surface area contributed by atoms with E-state index in [1.54, 1.807) is 23.1 Å². The highest BCUT2D eigenvalue weighted by Crippen LogP contribution is 2.25. The third-order valence-electron chi connectivity index (χ3n) is 2.26. The zero-order valence-electron chi connectivity index (χ0n) is 10.8. The third-order valence-corrected chi connectivity index (χ3v) is 4.36. The molecule has 6 heteroatoms. The molecular formula is C13H17N3OS2. The molecule has 0 atom stereocenters. The first-order valence-corrected chi connectivity index (χ1v) is 8.06. The molecule has 4 nitrogen and oxygen atoms in total. The molecule has 0 radical (unpaired) electrons. The van der Waals surface area contributed by atoms with Crippen LogP contribution in [0.15, 0.2) is 34.7 Å². The van der Waals surface area contributed by atoms with Crippen LogP contribution in [0.25, 0.3) is 0 Å². The summed E-state index contributed by atoms with van der Waals surface area (Å²) < 4.78 is 6.64. The zero-order valence-corrected chi connectivity index (χ0v) is 12.5. The number of thioether (sulfide) groups is 1. The van der Waals surface area contributed by atoms with Crippen molar-refractivity contribution in [2.45, 2.75) is 17.7 Å². The van der Waals surface area contributed by atoms with Crippen molar-refractivity contribution in [2.24, 2.45) is 0 Å². The molecule has 19 heavy (non-hydrogen) atoms. The first kappa shape index (κ1) is 14.1. The molecular weight excluding hydrogens is 278 g/mol. The molecule has 1 N–H and O–H groups in total. The maximum Gasteiger partial charge on any atom is 0.206 e. The highest BCUT2D eigenvalue weighted by atomic mass is 32.2. The van der Waals surface area contributed by atoms with Crippen LogP contribution in [-0.2, 0) is 0 Å². The van der Waals surface area contributed by atoms with Gasteiger partial charge in [0.2, 0.25) is 5.13 Å². The number of hydrogen-bond acceptors (Lipinski definition) is 6. The van der Waals surface area contributed by atoms with E-state index in [2.05, 4.69) is 22.4 Å². The number of hydrogen-bond donors (Lipinski definition) is 1. The standard InChI is InChI=1S/C13H17N3OS2/c1-2-14-12-15-16-13(19-12)18-10-6-9-17-11-7-4-3-5-8-11/h3-5,7-8H,2,6,9-10H2,1H3,(H,14,15). The van der Waals surface area contributed by atoms with Crippen LogP contribution < -0.4 is 10.1 Å². The molecule has 1 aromatic heterocycles. The van der Waals surface area contributed by atoms with E-state index in [4.69, 9.17) is 4.74 Å². The number of anilines is 1. The number of benzene rings is 1. The van der Waals surface area contributed by atoms with Crippen LogP contribution in [0.5, 0.6) is 5.75 Å². The summed E-state index contributed by atoms with van der Waals surface area (Å²) in [5.74, 6) is 1.92. The molecule has 0 aliphatic rings. The lowest BCUT2D eigenvalue weighted by Crippen LogP contribution is -1.98. The summed E-state index contributed by atoms with van der Waals surface area (Å²) in [6, 6.07) is 9.89. The Kier molecular flexibility index (Phi) is 5.97. The predicted molar refractivity (Wildman–Crippen MR) is 81.4 cm³/mol. The second-order valence-electron chi connectivity index (χ2n) is 3.77. The Morgan fingerprint density at radius 2 is 2.11 bits per heavy atom. The maximum atomic E-state index is 5.63. The zero-order chi connectivity index (χ0) is 13.3. The number of aromatic nitrogens is 2. The minimum Gasteiger partial charge on any atom is -0.494 e. The molecule has 2 aromatic rings. The average molecular weight is 295 g/mol. The predicted octanol–water partition coefficient (Wildman–Crippen LogP) is 3.53. The van der Waals surface area contributed by atoms with E-state index in [-0.39, 0.29) is 0 Å². The van der Waals surface area contributed by atoms with Gasteiger partial charge in [0.05, 0.1) is 6.61 Å². The molecule has 0 fully saturated rings. The van der Waals surface area contributed by atoms with E-state index in [1.807, 2.05) is 30.3 Å². The lowest BCUT2D eigenvalue weighted by Gasteiger charge is -2.04. The van der Waals surface area contributed by atoms with E-state index in [0.29, 0.717) is 0 Å². The monoisotopic (exact) mass is 295 g/mol. The summed E-state index contributed by atoms with van der Waals surface area (Å²) >= 11 is 3.33. The van der Waals surface area contributed by atoms with Crippen LogP contribution in [-0.4, -0.2) is 29.1 Å². The van der Waals surface area contributed by atoms with Gasteiger partial charge < -0.3 is 10.1 Å². The summed E-state index contributed by atoms with van der Waals surface area (Å²) in [5, 5.41) is 12.2. The van der Waals surface area contributed by atoms with Crippen LogP contribution in [0, 0.1) is 0 Å². The van der Waals surface area contributed by atoms with E-state index in [0.717, 1.165) is 40.5 Å². The Morgan fingerprint density at radius 3 is 2.89 bits per heavy atom. The minimum absolute atomic E-state index is 0.732. The number of para-hydroxylation sites is 1. The molecule has 0 spiro atoms. The van der Waals surface area contributed by atoms with E-state index < -0.39 is 0 Å². The summed E-state index contributed by atoms with van der Waals surface area (Å²) in [5.41, 5.74) is 0. The number of nitrogens with one attached hydrogen (secondary N) is 1. The average Bonchev–Trinajstić information content (AvgIpc) is 2.88. The Labute approximate surface area is 121 Å². The number of rotatable bonds is 8. The Hall–Kier alpha value is -1.27. The summed E-state index contributed by atoms with van der Waals surface area (Å²) in [6.07, 6.45) is 0.996. The van der Waals surface area contributed by atoms with Gasteiger partial charge in [-0.3, -0.25) is 0 Å². The fourth-order valence-corrected chi connectivity index (χ4v) is 3.22. The quantitative estimate of drug-likeness (QED) is 0.596. The molecule has 0 bridgehead atoms. The van der Waals surface area contributed by atoms with Crippen LogP contribution in [0.4, 0.5) is 5.13 Å². The first-order valence-electron chi connectivity index (χ1n) is 6.26. The van der Waals surface area contributed by atoms with Crippen molar-refractivity contribution in [1.82, 2.24) is 10.2 Å². The normalized spacial score (nSPS) is 10.4. The summed E-state index contributed by atoms with van der Waals surface area (Å²) in [4.78, 5) is 0. The van der Waals surface area contributed by atoms with Crippen molar-refractivity contribution < 1.29 is 4.74 Å². The number of nitrogens with zero attached hydrogens (tertiary/aromatic N) is 2. The van der Waals surface area contributed by atoms with Gasteiger partial charge in [0.25, 0.3) is 0 Å². The van der Waals surface area contributed by atoms with Gasteiger partial charge in [-0.15, -0.1) is 10.2 Å². The van der Waals surface area contributed by atoms with Gasteiger partial charge in [-0.05, 0) is 25.5 Å². The van der Waals surface area contributed by atoms with Gasteiger partial charge in [-0.25, -0.2) is 0 Å². The first-order chi connectivity index (χ1) is 9.38. The van der Waals surface area contributed by atoms with Crippen molar-refractivity contribution in [3.8, 4) is 5.75 Å². The highest BCUT2D eigenvalue weighted by Gasteiger charge is 2.03. The molecule has 0 aliphatic carbocycles. The Morgan fingerprint density at radius 1 is 1.26 bits per heavy atom. The van der Waals surface area contributed by atoms with Crippen molar-refractivity contribution in [1.29, 1.82) is 0 Å².